The maximum absolute atomic E-state index is 15.1. The summed E-state index contributed by atoms with van der Waals surface area (Å²) < 4.78 is 47.5. The normalized spacial score (nSPS) is 20.4. The number of alkyl halides is 2. The second-order valence-corrected chi connectivity index (χ2v) is 10.5. The Morgan fingerprint density at radius 2 is 1.78 bits per heavy atom. The molecule has 3 atom stereocenters. The summed E-state index contributed by atoms with van der Waals surface area (Å²) in [7, 11) is 0. The van der Waals surface area contributed by atoms with Crippen molar-refractivity contribution in [2.24, 2.45) is 22.7 Å². The molecule has 2 heterocycles. The quantitative estimate of drug-likeness (QED) is 0.246. The van der Waals surface area contributed by atoms with Gasteiger partial charge in [0.15, 0.2) is 0 Å². The topological polar surface area (TPSA) is 59.8 Å². The molecule has 0 radical (unpaired) electrons. The first-order chi connectivity index (χ1) is 19.8. The Morgan fingerprint density at radius 1 is 1.10 bits per heavy atom. The molecule has 2 fully saturated rings. The summed E-state index contributed by atoms with van der Waals surface area (Å²) in [6, 6.07) is 11.4. The van der Waals surface area contributed by atoms with Gasteiger partial charge in [-0.1, -0.05) is 51.8 Å². The molecule has 0 bridgehead atoms. The fraction of sp³-hybridized carbons (Fsp3) is 0.469. The smallest absolute Gasteiger partial charge is 0.387 e. The molecule has 1 aliphatic carbocycles. The lowest BCUT2D eigenvalue weighted by molar-refractivity contribution is -0.0498. The highest BCUT2D eigenvalue weighted by molar-refractivity contribution is 5.92. The van der Waals surface area contributed by atoms with Crippen LogP contribution >= 0.6 is 0 Å². The fourth-order valence-corrected chi connectivity index (χ4v) is 5.43. The van der Waals surface area contributed by atoms with Crippen LogP contribution in [0.2, 0.25) is 0 Å². The van der Waals surface area contributed by atoms with Crippen LogP contribution in [-0.2, 0) is 4.74 Å². The van der Waals surface area contributed by atoms with Gasteiger partial charge in [0.2, 0.25) is 5.95 Å². The average molecular weight is 569 g/mol. The third kappa shape index (κ3) is 8.06. The van der Waals surface area contributed by atoms with Crippen molar-refractivity contribution >= 4 is 17.3 Å². The SMILES string of the molecule is CCCC(=Nc1cc(F)c(-c2cnc(N3CCOCC3)nc2)cc1C)C1C(C)C1CC.FC(F)Oc1ccccc1. The van der Waals surface area contributed by atoms with Crippen molar-refractivity contribution in [3.8, 4) is 16.9 Å². The van der Waals surface area contributed by atoms with E-state index in [2.05, 4.69) is 40.4 Å². The molecule has 5 rings (SSSR count). The first-order valence-corrected chi connectivity index (χ1v) is 14.3. The zero-order valence-corrected chi connectivity index (χ0v) is 24.2. The van der Waals surface area contributed by atoms with E-state index in [1.165, 1.54) is 24.3 Å². The second kappa shape index (κ2) is 14.4. The number of hydrogen-bond donors (Lipinski definition) is 0. The molecule has 0 spiro atoms. The molecule has 1 saturated carbocycles. The van der Waals surface area contributed by atoms with E-state index in [9.17, 15) is 8.78 Å². The highest BCUT2D eigenvalue weighted by atomic mass is 19.3. The van der Waals surface area contributed by atoms with E-state index in [1.54, 1.807) is 36.7 Å². The molecular weight excluding hydrogens is 529 g/mol. The van der Waals surface area contributed by atoms with Crippen LogP contribution in [0.15, 0.2) is 59.9 Å². The summed E-state index contributed by atoms with van der Waals surface area (Å²) in [4.78, 5) is 16.0. The number of morpholine rings is 1. The van der Waals surface area contributed by atoms with Gasteiger partial charge in [-0.05, 0) is 48.9 Å². The Balaban J connectivity index is 0.000000328. The van der Waals surface area contributed by atoms with Gasteiger partial charge < -0.3 is 14.4 Å². The van der Waals surface area contributed by atoms with E-state index in [4.69, 9.17) is 9.73 Å². The van der Waals surface area contributed by atoms with Gasteiger partial charge in [0, 0.05) is 54.3 Å². The van der Waals surface area contributed by atoms with Crippen LogP contribution in [-0.4, -0.2) is 48.6 Å². The molecule has 1 aromatic heterocycles. The third-order valence-corrected chi connectivity index (χ3v) is 7.69. The standard InChI is InChI=1S/C25H33FN4O.C7H6F2O/c1-5-7-22(24-17(4)19(24)6-2)29-23-13-21(26)20(12-16(23)3)18-14-27-25(28-15-18)30-8-10-31-11-9-30;8-7(9)10-6-4-2-1-3-5-6/h12-15,17,19,24H,5-11H2,1-4H3;1-5,7H. The minimum atomic E-state index is -2.73. The van der Waals surface area contributed by atoms with Gasteiger partial charge in [-0.15, -0.1) is 0 Å². The molecule has 3 aromatic rings. The van der Waals surface area contributed by atoms with Crippen LogP contribution in [0.1, 0.15) is 45.6 Å². The Kier molecular flexibility index (Phi) is 10.7. The average Bonchev–Trinajstić information content (AvgIpc) is 3.64. The predicted octanol–water partition coefficient (Wildman–Crippen LogP) is 7.88. The zero-order valence-electron chi connectivity index (χ0n) is 24.2. The Labute approximate surface area is 240 Å². The molecule has 1 saturated heterocycles. The molecule has 41 heavy (non-hydrogen) atoms. The molecular formula is C32H39F3N4O2. The van der Waals surface area contributed by atoms with Crippen molar-refractivity contribution in [1.82, 2.24) is 9.97 Å². The van der Waals surface area contributed by atoms with E-state index < -0.39 is 6.61 Å². The largest absolute Gasteiger partial charge is 0.435 e. The lowest BCUT2D eigenvalue weighted by atomic mass is 10.0. The van der Waals surface area contributed by atoms with Crippen molar-refractivity contribution in [2.75, 3.05) is 31.2 Å². The molecule has 6 nitrogen and oxygen atoms in total. The van der Waals surface area contributed by atoms with E-state index >= 15 is 4.39 Å². The summed E-state index contributed by atoms with van der Waals surface area (Å²) in [5.41, 5.74) is 4.15. The van der Waals surface area contributed by atoms with E-state index in [0.29, 0.717) is 42.1 Å². The van der Waals surface area contributed by atoms with E-state index in [-0.39, 0.29) is 11.6 Å². The molecule has 9 heteroatoms. The molecule has 1 aliphatic heterocycles. The Morgan fingerprint density at radius 3 is 2.37 bits per heavy atom. The van der Waals surface area contributed by atoms with Crippen molar-refractivity contribution in [2.45, 2.75) is 53.6 Å². The number of aryl methyl sites for hydroxylation is 1. The number of aromatic nitrogens is 2. The summed E-state index contributed by atoms with van der Waals surface area (Å²) >= 11 is 0. The first-order valence-electron chi connectivity index (χ1n) is 14.3. The van der Waals surface area contributed by atoms with Crippen molar-refractivity contribution in [3.63, 3.8) is 0 Å². The molecule has 2 aliphatic rings. The number of nitrogens with zero attached hydrogens (tertiary/aromatic N) is 4. The fourth-order valence-electron chi connectivity index (χ4n) is 5.43. The predicted molar refractivity (Wildman–Crippen MR) is 157 cm³/mol. The monoisotopic (exact) mass is 568 g/mol. The third-order valence-electron chi connectivity index (χ3n) is 7.69. The van der Waals surface area contributed by atoms with E-state index in [0.717, 1.165) is 43.1 Å². The molecule has 220 valence electrons. The number of para-hydroxylation sites is 1. The van der Waals surface area contributed by atoms with Gasteiger partial charge in [-0.25, -0.2) is 14.4 Å². The zero-order chi connectivity index (χ0) is 29.4. The maximum Gasteiger partial charge on any atom is 0.387 e. The van der Waals surface area contributed by atoms with Crippen LogP contribution < -0.4 is 9.64 Å². The van der Waals surface area contributed by atoms with Gasteiger partial charge in [-0.2, -0.15) is 8.78 Å². The highest BCUT2D eigenvalue weighted by Crippen LogP contribution is 2.50. The van der Waals surface area contributed by atoms with Gasteiger partial charge in [-0.3, -0.25) is 4.99 Å². The van der Waals surface area contributed by atoms with Crippen LogP contribution in [0.3, 0.4) is 0 Å². The summed E-state index contributed by atoms with van der Waals surface area (Å²) in [5.74, 6) is 2.53. The first kappa shape index (κ1) is 30.5. The van der Waals surface area contributed by atoms with Gasteiger partial charge in [0.25, 0.3) is 0 Å². The van der Waals surface area contributed by atoms with Gasteiger partial charge in [0.05, 0.1) is 18.9 Å². The molecule has 0 amide bonds. The molecule has 2 aromatic carbocycles. The number of ether oxygens (including phenoxy) is 2. The van der Waals surface area contributed by atoms with Crippen molar-refractivity contribution in [1.29, 1.82) is 0 Å². The van der Waals surface area contributed by atoms with Crippen molar-refractivity contribution in [3.05, 3.63) is 66.2 Å². The summed E-state index contributed by atoms with van der Waals surface area (Å²) in [5, 5.41) is 0. The number of hydrogen-bond acceptors (Lipinski definition) is 6. The number of anilines is 1. The number of halogens is 3. The van der Waals surface area contributed by atoms with Crippen LogP contribution in [0.4, 0.5) is 24.8 Å². The Bertz CT molecular complexity index is 1280. The number of aliphatic imine (C=N–C) groups is 1. The number of rotatable bonds is 9. The highest BCUT2D eigenvalue weighted by Gasteiger charge is 2.47. The van der Waals surface area contributed by atoms with E-state index in [1.807, 2.05) is 13.0 Å². The van der Waals surface area contributed by atoms with Crippen LogP contribution in [0, 0.1) is 30.5 Å². The van der Waals surface area contributed by atoms with Crippen LogP contribution in [0.5, 0.6) is 5.75 Å². The Hall–Kier alpha value is -3.46. The lowest BCUT2D eigenvalue weighted by Gasteiger charge is -2.26. The summed E-state index contributed by atoms with van der Waals surface area (Å²) in [6.45, 7) is 8.91. The lowest BCUT2D eigenvalue weighted by Crippen LogP contribution is -2.37. The maximum atomic E-state index is 15.1. The minimum absolute atomic E-state index is 0.192. The summed E-state index contributed by atoms with van der Waals surface area (Å²) in [6.07, 6.45) is 6.63. The minimum Gasteiger partial charge on any atom is -0.435 e. The van der Waals surface area contributed by atoms with Gasteiger partial charge in [0.1, 0.15) is 11.6 Å². The molecule has 0 N–H and O–H groups in total. The second-order valence-electron chi connectivity index (χ2n) is 10.5. The van der Waals surface area contributed by atoms with Crippen LogP contribution in [0.25, 0.3) is 11.1 Å². The van der Waals surface area contributed by atoms with Crippen molar-refractivity contribution < 1.29 is 22.6 Å². The van der Waals surface area contributed by atoms with Gasteiger partial charge >= 0.3 is 6.61 Å². The number of benzene rings is 2. The molecule has 3 unspecified atom stereocenters.